The first-order valence-electron chi connectivity index (χ1n) is 10.0. The molecule has 4 rings (SSSR count). The van der Waals surface area contributed by atoms with Gasteiger partial charge in [0.05, 0.1) is 17.6 Å². The van der Waals surface area contributed by atoms with Crippen molar-refractivity contribution in [1.82, 2.24) is 4.31 Å². The van der Waals surface area contributed by atoms with Crippen LogP contribution in [-0.4, -0.2) is 50.8 Å². The molecule has 0 saturated carbocycles. The molecule has 8 heteroatoms. The first-order chi connectivity index (χ1) is 14.4. The molecule has 0 aliphatic carbocycles. The Labute approximate surface area is 176 Å². The predicted molar refractivity (Wildman–Crippen MR) is 112 cm³/mol. The van der Waals surface area contributed by atoms with Gasteiger partial charge in [0.15, 0.2) is 0 Å². The summed E-state index contributed by atoms with van der Waals surface area (Å²) in [6.45, 7) is 0.796. The quantitative estimate of drug-likeness (QED) is 0.699. The number of nitrogens with zero attached hydrogens (tertiary/aromatic N) is 2. The third kappa shape index (κ3) is 3.61. The van der Waals surface area contributed by atoms with Gasteiger partial charge in [0.2, 0.25) is 15.9 Å². The molecule has 2 aliphatic rings. The van der Waals surface area contributed by atoms with Gasteiger partial charge in [-0.1, -0.05) is 24.6 Å². The van der Waals surface area contributed by atoms with E-state index in [0.29, 0.717) is 31.5 Å². The van der Waals surface area contributed by atoms with Gasteiger partial charge in [0.25, 0.3) is 0 Å². The second-order valence-electron chi connectivity index (χ2n) is 7.52. The molecular weight excluding hydrogens is 404 g/mol. The van der Waals surface area contributed by atoms with Crippen molar-refractivity contribution in [2.24, 2.45) is 0 Å². The Morgan fingerprint density at radius 3 is 2.53 bits per heavy atom. The van der Waals surface area contributed by atoms with Crippen molar-refractivity contribution in [3.8, 4) is 0 Å². The standard InChI is InChI=1S/C22H24N2O5S/c1-29-22(26)17-10-11-19-16(15-17)12-14-23(19)21(25)20-9-5-6-13-24(20)30(27,28)18-7-3-2-4-8-18/h2-4,7-8,10-11,15,20H,5-6,9,12-14H2,1H3. The summed E-state index contributed by atoms with van der Waals surface area (Å²) in [7, 11) is -2.43. The lowest BCUT2D eigenvalue weighted by Gasteiger charge is -2.36. The summed E-state index contributed by atoms with van der Waals surface area (Å²) in [5, 5.41) is 0. The molecule has 0 radical (unpaired) electrons. The highest BCUT2D eigenvalue weighted by Crippen LogP contribution is 2.33. The molecule has 1 fully saturated rings. The van der Waals surface area contributed by atoms with Crippen molar-refractivity contribution >= 4 is 27.6 Å². The van der Waals surface area contributed by atoms with E-state index in [0.717, 1.165) is 24.1 Å². The van der Waals surface area contributed by atoms with Crippen molar-refractivity contribution in [3.63, 3.8) is 0 Å². The summed E-state index contributed by atoms with van der Waals surface area (Å²) in [4.78, 5) is 27.1. The fraction of sp³-hybridized carbons (Fsp3) is 0.364. The van der Waals surface area contributed by atoms with Crippen LogP contribution >= 0.6 is 0 Å². The fourth-order valence-electron chi connectivity index (χ4n) is 4.22. The topological polar surface area (TPSA) is 84.0 Å². The van der Waals surface area contributed by atoms with Gasteiger partial charge < -0.3 is 9.64 Å². The lowest BCUT2D eigenvalue weighted by atomic mass is 10.0. The Bertz CT molecular complexity index is 1070. The average Bonchev–Trinajstić information content (AvgIpc) is 3.22. The molecule has 30 heavy (non-hydrogen) atoms. The number of benzene rings is 2. The van der Waals surface area contributed by atoms with Gasteiger partial charge in [-0.2, -0.15) is 4.31 Å². The smallest absolute Gasteiger partial charge is 0.337 e. The zero-order valence-electron chi connectivity index (χ0n) is 16.8. The highest BCUT2D eigenvalue weighted by molar-refractivity contribution is 7.89. The van der Waals surface area contributed by atoms with Crippen LogP contribution in [-0.2, 0) is 26.0 Å². The van der Waals surface area contributed by atoms with E-state index in [4.69, 9.17) is 4.74 Å². The molecule has 2 aliphatic heterocycles. The maximum absolute atomic E-state index is 13.5. The van der Waals surface area contributed by atoms with Crippen molar-refractivity contribution < 1.29 is 22.7 Å². The monoisotopic (exact) mass is 428 g/mol. The Balaban J connectivity index is 1.62. The third-order valence-corrected chi connectivity index (χ3v) is 7.67. The summed E-state index contributed by atoms with van der Waals surface area (Å²) in [6.07, 6.45) is 2.65. The van der Waals surface area contributed by atoms with Crippen LogP contribution in [0.4, 0.5) is 5.69 Å². The largest absolute Gasteiger partial charge is 0.465 e. The van der Waals surface area contributed by atoms with Gasteiger partial charge in [-0.3, -0.25) is 4.79 Å². The lowest BCUT2D eigenvalue weighted by molar-refractivity contribution is -0.123. The number of ether oxygens (including phenoxy) is 1. The number of sulfonamides is 1. The van der Waals surface area contributed by atoms with E-state index in [-0.39, 0.29) is 10.8 Å². The fourth-order valence-corrected chi connectivity index (χ4v) is 5.89. The van der Waals surface area contributed by atoms with Gasteiger partial charge in [-0.25, -0.2) is 13.2 Å². The van der Waals surface area contributed by atoms with Crippen LogP contribution in [0, 0.1) is 0 Å². The van der Waals surface area contributed by atoms with Crippen LogP contribution in [0.3, 0.4) is 0 Å². The minimum atomic E-state index is -3.76. The minimum Gasteiger partial charge on any atom is -0.465 e. The number of carbonyl (C=O) groups is 2. The van der Waals surface area contributed by atoms with E-state index >= 15 is 0 Å². The van der Waals surface area contributed by atoms with E-state index in [1.807, 2.05) is 0 Å². The van der Waals surface area contributed by atoms with E-state index in [1.165, 1.54) is 11.4 Å². The molecule has 1 saturated heterocycles. The summed E-state index contributed by atoms with van der Waals surface area (Å²) in [5.74, 6) is -0.631. The second-order valence-corrected chi connectivity index (χ2v) is 9.41. The summed E-state index contributed by atoms with van der Waals surface area (Å²) in [6, 6.07) is 12.6. The van der Waals surface area contributed by atoms with Gasteiger partial charge in [0.1, 0.15) is 6.04 Å². The molecule has 1 unspecified atom stereocenters. The molecular formula is C22H24N2O5S. The molecule has 1 atom stereocenters. The number of esters is 1. The number of hydrogen-bond donors (Lipinski definition) is 0. The third-order valence-electron chi connectivity index (χ3n) is 5.75. The van der Waals surface area contributed by atoms with Crippen LogP contribution in [0.15, 0.2) is 53.4 Å². The van der Waals surface area contributed by atoms with Gasteiger partial charge in [-0.05, 0) is 55.2 Å². The number of amides is 1. The van der Waals surface area contributed by atoms with E-state index in [1.54, 1.807) is 53.4 Å². The molecule has 2 heterocycles. The van der Waals surface area contributed by atoms with E-state index in [2.05, 4.69) is 0 Å². The average molecular weight is 429 g/mol. The van der Waals surface area contributed by atoms with Crippen molar-refractivity contribution in [2.45, 2.75) is 36.6 Å². The van der Waals surface area contributed by atoms with Crippen molar-refractivity contribution in [2.75, 3.05) is 25.1 Å². The second kappa shape index (κ2) is 8.20. The number of piperidine rings is 1. The molecule has 2 aromatic carbocycles. The van der Waals surface area contributed by atoms with Crippen LogP contribution in [0.1, 0.15) is 35.2 Å². The highest BCUT2D eigenvalue weighted by Gasteiger charge is 2.41. The van der Waals surface area contributed by atoms with Gasteiger partial charge in [0, 0.05) is 18.8 Å². The Morgan fingerprint density at radius 2 is 1.80 bits per heavy atom. The van der Waals surface area contributed by atoms with E-state index in [9.17, 15) is 18.0 Å². The molecule has 2 aromatic rings. The number of rotatable bonds is 4. The SMILES string of the molecule is COC(=O)c1ccc2c(c1)CCN2C(=O)C1CCCCN1S(=O)(=O)c1ccccc1. The number of fused-ring (bicyclic) bond motifs is 1. The van der Waals surface area contributed by atoms with Gasteiger partial charge in [-0.15, -0.1) is 0 Å². The first-order valence-corrected chi connectivity index (χ1v) is 11.5. The number of hydrogen-bond acceptors (Lipinski definition) is 5. The maximum atomic E-state index is 13.5. The molecule has 0 bridgehead atoms. The molecule has 1 amide bonds. The lowest BCUT2D eigenvalue weighted by Crippen LogP contribution is -2.52. The Morgan fingerprint density at radius 1 is 1.03 bits per heavy atom. The van der Waals surface area contributed by atoms with Crippen molar-refractivity contribution in [1.29, 1.82) is 0 Å². The summed E-state index contributed by atoms with van der Waals surface area (Å²) < 4.78 is 32.6. The van der Waals surface area contributed by atoms with Crippen LogP contribution in [0.2, 0.25) is 0 Å². The molecule has 158 valence electrons. The molecule has 7 nitrogen and oxygen atoms in total. The Hall–Kier alpha value is -2.71. The molecule has 0 N–H and O–H groups in total. The summed E-state index contributed by atoms with van der Waals surface area (Å²) >= 11 is 0. The van der Waals surface area contributed by atoms with Crippen LogP contribution in [0.25, 0.3) is 0 Å². The predicted octanol–water partition coefficient (Wildman–Crippen LogP) is 2.61. The zero-order chi connectivity index (χ0) is 21.3. The number of methoxy groups -OCH3 is 1. The van der Waals surface area contributed by atoms with Crippen LogP contribution < -0.4 is 4.90 Å². The van der Waals surface area contributed by atoms with Crippen molar-refractivity contribution in [3.05, 3.63) is 59.7 Å². The summed E-state index contributed by atoms with van der Waals surface area (Å²) in [5.41, 5.74) is 2.06. The molecule has 0 spiro atoms. The Kier molecular flexibility index (Phi) is 5.62. The zero-order valence-corrected chi connectivity index (χ0v) is 17.6. The maximum Gasteiger partial charge on any atom is 0.337 e. The van der Waals surface area contributed by atoms with Gasteiger partial charge >= 0.3 is 5.97 Å². The normalized spacial score (nSPS) is 19.4. The highest BCUT2D eigenvalue weighted by atomic mass is 32.2. The number of anilines is 1. The van der Waals surface area contributed by atoms with E-state index < -0.39 is 22.0 Å². The first kappa shape index (κ1) is 20.6. The molecule has 0 aromatic heterocycles. The minimum absolute atomic E-state index is 0.203. The number of carbonyl (C=O) groups excluding carboxylic acids is 2. The van der Waals surface area contributed by atoms with Crippen LogP contribution in [0.5, 0.6) is 0 Å².